The van der Waals surface area contributed by atoms with Crippen LogP contribution in [-0.4, -0.2) is 81.2 Å². The summed E-state index contributed by atoms with van der Waals surface area (Å²) in [5.74, 6) is -3.70. The fourth-order valence-electron chi connectivity index (χ4n) is 3.15. The van der Waals surface area contributed by atoms with Gasteiger partial charge in [0.2, 0.25) is 17.7 Å². The molecular weight excluding hydrogens is 446 g/mol. The van der Waals surface area contributed by atoms with Crippen LogP contribution < -0.4 is 27.4 Å². The predicted octanol–water partition coefficient (Wildman–Crippen LogP) is -2.01. The number of aliphatic hydroxyl groups excluding tert-OH is 1. The van der Waals surface area contributed by atoms with Crippen LogP contribution in [0.4, 0.5) is 0 Å². The summed E-state index contributed by atoms with van der Waals surface area (Å²) in [6.45, 7) is 3.29. The molecule has 1 aromatic rings. The largest absolute Gasteiger partial charge is 0.480 e. The molecule has 0 aliphatic rings. The van der Waals surface area contributed by atoms with Crippen molar-refractivity contribution < 1.29 is 29.4 Å². The number of hydrogen-bond donors (Lipinski definition) is 8. The Morgan fingerprint density at radius 2 is 1.76 bits per heavy atom. The number of hydrogen-bond acceptors (Lipinski definition) is 8. The molecule has 3 amide bonds. The van der Waals surface area contributed by atoms with Gasteiger partial charge in [0.15, 0.2) is 0 Å². The summed E-state index contributed by atoms with van der Waals surface area (Å²) < 4.78 is 0. The monoisotopic (exact) mass is 483 g/mol. The van der Waals surface area contributed by atoms with Crippen LogP contribution in [0.15, 0.2) is 12.5 Å². The average molecular weight is 484 g/mol. The first kappa shape index (κ1) is 29.0. The molecule has 1 rings (SSSR count). The second-order valence-corrected chi connectivity index (χ2v) is 8.19. The van der Waals surface area contributed by atoms with E-state index in [-0.39, 0.29) is 12.3 Å². The van der Waals surface area contributed by atoms with Crippen molar-refractivity contribution in [2.24, 2.45) is 17.4 Å². The van der Waals surface area contributed by atoms with Gasteiger partial charge < -0.3 is 42.6 Å². The molecule has 192 valence electrons. The summed E-state index contributed by atoms with van der Waals surface area (Å²) in [4.78, 5) is 56.2. The number of carboxylic acid groups (broad SMARTS) is 1. The lowest BCUT2D eigenvalue weighted by Gasteiger charge is -2.27. The molecule has 0 bridgehead atoms. The SMILES string of the molecule is CCC(C)C(NC(=O)C(CO)NC(=O)C(N)CCCCN)C(=O)NC(Cc1cnc[nH]1)C(=O)O. The molecule has 5 atom stereocenters. The number of imidazole rings is 1. The number of nitrogens with one attached hydrogen (secondary N) is 4. The lowest BCUT2D eigenvalue weighted by molar-refractivity contribution is -0.142. The smallest absolute Gasteiger partial charge is 0.326 e. The van der Waals surface area contributed by atoms with E-state index in [9.17, 15) is 29.4 Å². The number of carboxylic acids is 1. The molecule has 10 N–H and O–H groups in total. The van der Waals surface area contributed by atoms with Gasteiger partial charge in [-0.15, -0.1) is 0 Å². The number of carbonyl (C=O) groups is 4. The third kappa shape index (κ3) is 9.45. The lowest BCUT2D eigenvalue weighted by Crippen LogP contribution is -2.59. The minimum atomic E-state index is -1.33. The number of aromatic nitrogens is 2. The lowest BCUT2D eigenvalue weighted by atomic mass is 9.97. The van der Waals surface area contributed by atoms with Gasteiger partial charge in [-0.05, 0) is 25.3 Å². The molecule has 0 saturated carbocycles. The average Bonchev–Trinajstić information content (AvgIpc) is 3.32. The highest BCUT2D eigenvalue weighted by Gasteiger charge is 2.32. The van der Waals surface area contributed by atoms with Crippen molar-refractivity contribution in [2.75, 3.05) is 13.2 Å². The van der Waals surface area contributed by atoms with E-state index in [2.05, 4.69) is 25.9 Å². The van der Waals surface area contributed by atoms with E-state index in [0.29, 0.717) is 37.9 Å². The van der Waals surface area contributed by atoms with Crippen LogP contribution in [0.1, 0.15) is 45.2 Å². The molecular formula is C21H37N7O6. The van der Waals surface area contributed by atoms with Crippen LogP contribution in [0.3, 0.4) is 0 Å². The first-order valence-electron chi connectivity index (χ1n) is 11.3. The fraction of sp³-hybridized carbons (Fsp3) is 0.667. The van der Waals surface area contributed by atoms with Gasteiger partial charge in [-0.3, -0.25) is 14.4 Å². The zero-order valence-electron chi connectivity index (χ0n) is 19.6. The zero-order chi connectivity index (χ0) is 25.7. The van der Waals surface area contributed by atoms with E-state index in [4.69, 9.17) is 11.5 Å². The summed E-state index contributed by atoms with van der Waals surface area (Å²) >= 11 is 0. The number of nitrogens with zero attached hydrogens (tertiary/aromatic N) is 1. The second kappa shape index (κ2) is 15.0. The van der Waals surface area contributed by atoms with Crippen molar-refractivity contribution in [3.8, 4) is 0 Å². The van der Waals surface area contributed by atoms with E-state index in [1.165, 1.54) is 12.5 Å². The maximum atomic E-state index is 12.9. The molecule has 13 nitrogen and oxygen atoms in total. The zero-order valence-corrected chi connectivity index (χ0v) is 19.6. The number of aliphatic carboxylic acids is 1. The second-order valence-electron chi connectivity index (χ2n) is 8.19. The molecule has 0 aliphatic heterocycles. The van der Waals surface area contributed by atoms with E-state index in [1.54, 1.807) is 6.92 Å². The number of rotatable bonds is 16. The molecule has 13 heteroatoms. The molecule has 0 spiro atoms. The van der Waals surface area contributed by atoms with Gasteiger partial charge in [-0.2, -0.15) is 0 Å². The fourth-order valence-corrected chi connectivity index (χ4v) is 3.15. The highest BCUT2D eigenvalue weighted by Crippen LogP contribution is 2.10. The molecule has 0 aliphatic carbocycles. The van der Waals surface area contributed by atoms with Crippen molar-refractivity contribution in [1.29, 1.82) is 0 Å². The van der Waals surface area contributed by atoms with E-state index in [0.717, 1.165) is 0 Å². The van der Waals surface area contributed by atoms with Crippen LogP contribution in [0.5, 0.6) is 0 Å². The van der Waals surface area contributed by atoms with Crippen molar-refractivity contribution in [1.82, 2.24) is 25.9 Å². The van der Waals surface area contributed by atoms with Crippen molar-refractivity contribution in [3.63, 3.8) is 0 Å². The molecule has 1 aromatic heterocycles. The predicted molar refractivity (Wildman–Crippen MR) is 123 cm³/mol. The van der Waals surface area contributed by atoms with Gasteiger partial charge in [0, 0.05) is 18.3 Å². The van der Waals surface area contributed by atoms with Crippen LogP contribution in [0.25, 0.3) is 0 Å². The van der Waals surface area contributed by atoms with Gasteiger partial charge in [0.1, 0.15) is 18.1 Å². The van der Waals surface area contributed by atoms with Gasteiger partial charge in [0.05, 0.1) is 19.0 Å². The minimum Gasteiger partial charge on any atom is -0.480 e. The highest BCUT2D eigenvalue weighted by atomic mass is 16.4. The van der Waals surface area contributed by atoms with Crippen LogP contribution in [-0.2, 0) is 25.6 Å². The Kier molecular flexibility index (Phi) is 12.8. The summed E-state index contributed by atoms with van der Waals surface area (Å²) in [7, 11) is 0. The van der Waals surface area contributed by atoms with Crippen LogP contribution in [0.2, 0.25) is 0 Å². The Morgan fingerprint density at radius 3 is 2.29 bits per heavy atom. The molecule has 5 unspecified atom stereocenters. The minimum absolute atomic E-state index is 0.0282. The third-order valence-corrected chi connectivity index (χ3v) is 5.51. The maximum absolute atomic E-state index is 12.9. The molecule has 1 heterocycles. The Hall–Kier alpha value is -3.03. The molecule has 0 fully saturated rings. The molecule has 0 radical (unpaired) electrons. The van der Waals surface area contributed by atoms with Gasteiger partial charge in [0.25, 0.3) is 0 Å². The number of aromatic amines is 1. The summed E-state index contributed by atoms with van der Waals surface area (Å²) in [6.07, 6.45) is 5.03. The van der Waals surface area contributed by atoms with Gasteiger partial charge in [-0.25, -0.2) is 9.78 Å². The van der Waals surface area contributed by atoms with Crippen molar-refractivity contribution in [3.05, 3.63) is 18.2 Å². The number of nitrogens with two attached hydrogens (primary N) is 2. The maximum Gasteiger partial charge on any atom is 0.326 e. The van der Waals surface area contributed by atoms with Crippen LogP contribution in [0, 0.1) is 5.92 Å². The standard InChI is InChI=1S/C21H37N7O6/c1-3-12(2)17(20(32)26-15(21(33)34)8-13-9-24-11-25-13)28-19(31)16(10-29)27-18(30)14(23)6-4-5-7-22/h9,11-12,14-17,29H,3-8,10,22-23H2,1-2H3,(H,24,25)(H,26,32)(H,27,30)(H,28,31)(H,33,34). The first-order chi connectivity index (χ1) is 16.1. The Labute approximate surface area is 198 Å². The molecule has 0 aromatic carbocycles. The van der Waals surface area contributed by atoms with Gasteiger partial charge in [-0.1, -0.05) is 26.7 Å². The topological polar surface area (TPSA) is 226 Å². The first-order valence-corrected chi connectivity index (χ1v) is 11.3. The summed E-state index contributed by atoms with van der Waals surface area (Å²) in [5, 5.41) is 26.5. The Morgan fingerprint density at radius 1 is 1.09 bits per heavy atom. The van der Waals surface area contributed by atoms with Crippen molar-refractivity contribution >= 4 is 23.7 Å². The van der Waals surface area contributed by atoms with Crippen molar-refractivity contribution in [2.45, 2.75) is 70.1 Å². The molecule has 34 heavy (non-hydrogen) atoms. The van der Waals surface area contributed by atoms with Crippen LogP contribution >= 0.6 is 0 Å². The number of aliphatic hydroxyl groups is 1. The third-order valence-electron chi connectivity index (χ3n) is 5.51. The summed E-state index contributed by atoms with van der Waals surface area (Å²) in [6, 6.07) is -4.55. The Bertz CT molecular complexity index is 789. The Balaban J connectivity index is 2.84. The number of carbonyl (C=O) groups excluding carboxylic acids is 3. The number of unbranched alkanes of at least 4 members (excludes halogenated alkanes) is 1. The summed E-state index contributed by atoms with van der Waals surface area (Å²) in [5.41, 5.74) is 11.8. The highest BCUT2D eigenvalue weighted by molar-refractivity contribution is 5.94. The van der Waals surface area contributed by atoms with E-state index >= 15 is 0 Å². The number of amides is 3. The molecule has 0 saturated heterocycles. The quantitative estimate of drug-likeness (QED) is 0.121. The van der Waals surface area contributed by atoms with E-state index < -0.39 is 54.5 Å². The van der Waals surface area contributed by atoms with Gasteiger partial charge >= 0.3 is 5.97 Å². The number of H-pyrrole nitrogens is 1. The normalized spacial score (nSPS) is 15.4. The van der Waals surface area contributed by atoms with E-state index in [1.807, 2.05) is 6.92 Å².